The number of hydrogen-bond donors (Lipinski definition) is 1. The van der Waals surface area contributed by atoms with Crippen molar-refractivity contribution in [3.8, 4) is 0 Å². The maximum absolute atomic E-state index is 12.7. The molecule has 8 heteroatoms. The zero-order valence-corrected chi connectivity index (χ0v) is 14.1. The second kappa shape index (κ2) is 6.91. The fourth-order valence-corrected chi connectivity index (χ4v) is 3.17. The second-order valence-corrected chi connectivity index (χ2v) is 6.14. The first-order chi connectivity index (χ1) is 12.7. The lowest BCUT2D eigenvalue weighted by Gasteiger charge is -2.34. The average molecular weight is 350 g/mol. The van der Waals surface area contributed by atoms with Crippen molar-refractivity contribution in [3.63, 3.8) is 0 Å². The highest BCUT2D eigenvalue weighted by Crippen LogP contribution is 2.15. The van der Waals surface area contributed by atoms with E-state index in [0.717, 1.165) is 5.39 Å². The normalized spacial score (nSPS) is 14.6. The van der Waals surface area contributed by atoms with Crippen LogP contribution in [-0.4, -0.2) is 57.2 Å². The van der Waals surface area contributed by atoms with E-state index in [1.807, 2.05) is 17.0 Å². The third-order valence-electron chi connectivity index (χ3n) is 4.56. The largest absolute Gasteiger partial charge is 0.339 e. The van der Waals surface area contributed by atoms with Crippen molar-refractivity contribution in [1.29, 1.82) is 0 Å². The van der Waals surface area contributed by atoms with Crippen molar-refractivity contribution in [3.05, 3.63) is 58.8 Å². The zero-order valence-electron chi connectivity index (χ0n) is 14.1. The third kappa shape index (κ3) is 3.13. The minimum Gasteiger partial charge on any atom is -0.339 e. The molecule has 1 fully saturated rings. The maximum atomic E-state index is 12.7. The SMILES string of the molecule is O=C(Cc1n[nH]c(=O)c2ccccc12)N1CCN(c2ncccn2)CC1. The molecular formula is C18H18N6O2. The predicted molar refractivity (Wildman–Crippen MR) is 96.9 cm³/mol. The molecule has 1 amide bonds. The van der Waals surface area contributed by atoms with Gasteiger partial charge in [-0.1, -0.05) is 18.2 Å². The van der Waals surface area contributed by atoms with Crippen LogP contribution in [0.5, 0.6) is 0 Å². The summed E-state index contributed by atoms with van der Waals surface area (Å²) in [6, 6.07) is 8.99. The molecule has 0 saturated carbocycles. The van der Waals surface area contributed by atoms with Gasteiger partial charge in [0.1, 0.15) is 0 Å². The summed E-state index contributed by atoms with van der Waals surface area (Å²) < 4.78 is 0. The van der Waals surface area contributed by atoms with Crippen LogP contribution in [0.15, 0.2) is 47.5 Å². The van der Waals surface area contributed by atoms with E-state index in [1.165, 1.54) is 0 Å². The van der Waals surface area contributed by atoms with Crippen molar-refractivity contribution >= 4 is 22.6 Å². The molecule has 0 aliphatic carbocycles. The summed E-state index contributed by atoms with van der Waals surface area (Å²) in [4.78, 5) is 36.9. The van der Waals surface area contributed by atoms with Gasteiger partial charge in [0.05, 0.1) is 17.5 Å². The Bertz CT molecular complexity index is 980. The molecule has 0 bridgehead atoms. The Morgan fingerprint density at radius 3 is 2.42 bits per heavy atom. The lowest BCUT2D eigenvalue weighted by molar-refractivity contribution is -0.130. The fraction of sp³-hybridized carbons (Fsp3) is 0.278. The van der Waals surface area contributed by atoms with Crippen LogP contribution in [0.3, 0.4) is 0 Å². The first-order valence-electron chi connectivity index (χ1n) is 8.48. The number of hydrogen-bond acceptors (Lipinski definition) is 6. The Balaban J connectivity index is 1.45. The first-order valence-corrected chi connectivity index (χ1v) is 8.48. The van der Waals surface area contributed by atoms with E-state index >= 15 is 0 Å². The van der Waals surface area contributed by atoms with Gasteiger partial charge in [-0.3, -0.25) is 9.59 Å². The van der Waals surface area contributed by atoms with E-state index in [1.54, 1.807) is 30.6 Å². The lowest BCUT2D eigenvalue weighted by atomic mass is 10.1. The van der Waals surface area contributed by atoms with Gasteiger partial charge in [0.2, 0.25) is 11.9 Å². The second-order valence-electron chi connectivity index (χ2n) is 6.14. The standard InChI is InChI=1S/C18H18N6O2/c25-16(12-15-13-4-1-2-5-14(13)17(26)22-21-15)23-8-10-24(11-9-23)18-19-6-3-7-20-18/h1-7H,8-12H2,(H,22,26). The Labute approximate surface area is 149 Å². The van der Waals surface area contributed by atoms with Crippen LogP contribution in [0.4, 0.5) is 5.95 Å². The van der Waals surface area contributed by atoms with Gasteiger partial charge >= 0.3 is 0 Å². The van der Waals surface area contributed by atoms with Gasteiger partial charge in [0, 0.05) is 44.0 Å². The van der Waals surface area contributed by atoms with Crippen LogP contribution in [-0.2, 0) is 11.2 Å². The Hall–Kier alpha value is -3.29. The summed E-state index contributed by atoms with van der Waals surface area (Å²) in [5.74, 6) is 0.691. The number of rotatable bonds is 3. The number of carbonyl (C=O) groups excluding carboxylic acids is 1. The first kappa shape index (κ1) is 16.2. The Morgan fingerprint density at radius 1 is 1.00 bits per heavy atom. The Kier molecular flexibility index (Phi) is 4.30. The molecule has 3 aromatic rings. The smallest absolute Gasteiger partial charge is 0.272 e. The molecule has 4 rings (SSSR count). The molecule has 1 aliphatic heterocycles. The van der Waals surface area contributed by atoms with Crippen molar-refractivity contribution < 1.29 is 4.79 Å². The van der Waals surface area contributed by atoms with Crippen molar-refractivity contribution in [1.82, 2.24) is 25.1 Å². The highest BCUT2D eigenvalue weighted by Gasteiger charge is 2.23. The lowest BCUT2D eigenvalue weighted by Crippen LogP contribution is -2.49. The van der Waals surface area contributed by atoms with E-state index in [9.17, 15) is 9.59 Å². The number of aromatic amines is 1. The van der Waals surface area contributed by atoms with Crippen LogP contribution in [0.2, 0.25) is 0 Å². The highest BCUT2D eigenvalue weighted by molar-refractivity contribution is 5.88. The minimum atomic E-state index is -0.242. The maximum Gasteiger partial charge on any atom is 0.272 e. The van der Waals surface area contributed by atoms with Crippen LogP contribution < -0.4 is 10.5 Å². The topological polar surface area (TPSA) is 95.1 Å². The van der Waals surface area contributed by atoms with Crippen LogP contribution in [0.25, 0.3) is 10.8 Å². The van der Waals surface area contributed by atoms with Gasteiger partial charge in [-0.2, -0.15) is 5.10 Å². The third-order valence-corrected chi connectivity index (χ3v) is 4.56. The summed E-state index contributed by atoms with van der Waals surface area (Å²) in [7, 11) is 0. The van der Waals surface area contributed by atoms with E-state index in [4.69, 9.17) is 0 Å². The number of nitrogens with zero attached hydrogens (tertiary/aromatic N) is 5. The van der Waals surface area contributed by atoms with E-state index in [2.05, 4.69) is 25.1 Å². The van der Waals surface area contributed by atoms with Crippen LogP contribution in [0.1, 0.15) is 5.69 Å². The van der Waals surface area contributed by atoms with E-state index < -0.39 is 0 Å². The molecule has 1 saturated heterocycles. The molecule has 0 spiro atoms. The minimum absolute atomic E-state index is 0.00309. The molecule has 26 heavy (non-hydrogen) atoms. The van der Waals surface area contributed by atoms with E-state index in [-0.39, 0.29) is 17.9 Å². The van der Waals surface area contributed by atoms with Gasteiger partial charge < -0.3 is 9.80 Å². The van der Waals surface area contributed by atoms with Crippen molar-refractivity contribution in [2.45, 2.75) is 6.42 Å². The number of benzene rings is 1. The Morgan fingerprint density at radius 2 is 1.69 bits per heavy atom. The number of amides is 1. The molecule has 0 unspecified atom stereocenters. The van der Waals surface area contributed by atoms with Gasteiger partial charge in [-0.25, -0.2) is 15.1 Å². The number of fused-ring (bicyclic) bond motifs is 1. The zero-order chi connectivity index (χ0) is 17.9. The number of anilines is 1. The summed E-state index contributed by atoms with van der Waals surface area (Å²) in [5.41, 5.74) is 0.354. The van der Waals surface area contributed by atoms with Crippen molar-refractivity contribution in [2.75, 3.05) is 31.1 Å². The number of carbonyl (C=O) groups is 1. The average Bonchev–Trinajstić information content (AvgIpc) is 2.71. The van der Waals surface area contributed by atoms with Crippen molar-refractivity contribution in [2.24, 2.45) is 0 Å². The number of nitrogens with one attached hydrogen (secondary N) is 1. The number of piperazine rings is 1. The summed E-state index contributed by atoms with van der Waals surface area (Å²) in [6.45, 7) is 2.60. The molecule has 3 heterocycles. The predicted octanol–water partition coefficient (Wildman–Crippen LogP) is 0.604. The summed E-state index contributed by atoms with van der Waals surface area (Å²) >= 11 is 0. The monoisotopic (exact) mass is 350 g/mol. The molecule has 0 atom stereocenters. The molecule has 0 radical (unpaired) electrons. The number of aromatic nitrogens is 4. The van der Waals surface area contributed by atoms with E-state index in [0.29, 0.717) is 43.2 Å². The summed E-state index contributed by atoms with van der Waals surface area (Å²) in [6.07, 6.45) is 3.60. The van der Waals surface area contributed by atoms with Gasteiger partial charge in [0.25, 0.3) is 5.56 Å². The molecule has 1 aromatic carbocycles. The van der Waals surface area contributed by atoms with Gasteiger partial charge in [0.15, 0.2) is 0 Å². The van der Waals surface area contributed by atoms with Crippen LogP contribution >= 0.6 is 0 Å². The quantitative estimate of drug-likeness (QED) is 0.743. The summed E-state index contributed by atoms with van der Waals surface area (Å²) in [5, 5.41) is 7.84. The van der Waals surface area contributed by atoms with Gasteiger partial charge in [-0.05, 0) is 12.1 Å². The highest BCUT2D eigenvalue weighted by atomic mass is 16.2. The fourth-order valence-electron chi connectivity index (χ4n) is 3.17. The molecule has 1 aliphatic rings. The van der Waals surface area contributed by atoms with Crippen LogP contribution in [0, 0.1) is 0 Å². The molecule has 2 aromatic heterocycles. The molecule has 1 N–H and O–H groups in total. The molecule has 8 nitrogen and oxygen atoms in total. The van der Waals surface area contributed by atoms with Gasteiger partial charge in [-0.15, -0.1) is 0 Å². The number of H-pyrrole nitrogens is 1. The molecular weight excluding hydrogens is 332 g/mol. The molecule has 132 valence electrons.